The van der Waals surface area contributed by atoms with Crippen LogP contribution in [0.15, 0.2) is 18.2 Å². The zero-order chi connectivity index (χ0) is 14.7. The first-order valence-electron chi connectivity index (χ1n) is 6.39. The smallest absolute Gasteiger partial charge is 0.306 e. The highest BCUT2D eigenvalue weighted by Gasteiger charge is 2.31. The van der Waals surface area contributed by atoms with Crippen LogP contribution in [0.3, 0.4) is 0 Å². The van der Waals surface area contributed by atoms with Crippen LogP contribution in [-0.4, -0.2) is 30.1 Å². The quantitative estimate of drug-likeness (QED) is 0.882. The number of nitrogens with one attached hydrogen (secondary N) is 1. The number of carboxylic acids is 1. The molecule has 1 amide bonds. The molecule has 6 heteroatoms. The number of methoxy groups -OCH3 is 1. The number of hydrogen-bond acceptors (Lipinski definition) is 3. The molecule has 1 saturated carbocycles. The molecule has 0 spiro atoms. The van der Waals surface area contributed by atoms with Gasteiger partial charge in [0, 0.05) is 6.04 Å². The lowest BCUT2D eigenvalue weighted by Crippen LogP contribution is -2.34. The van der Waals surface area contributed by atoms with E-state index in [-0.39, 0.29) is 17.4 Å². The van der Waals surface area contributed by atoms with Gasteiger partial charge < -0.3 is 15.2 Å². The first-order chi connectivity index (χ1) is 9.52. The zero-order valence-corrected chi connectivity index (χ0v) is 11.1. The maximum Gasteiger partial charge on any atom is 0.306 e. The predicted octanol–water partition coefficient (Wildman–Crippen LogP) is 1.82. The van der Waals surface area contributed by atoms with Crippen LogP contribution in [0.1, 0.15) is 29.6 Å². The van der Waals surface area contributed by atoms with Crippen molar-refractivity contribution < 1.29 is 23.8 Å². The second-order valence-corrected chi connectivity index (χ2v) is 4.84. The normalized spacial score (nSPS) is 21.5. The van der Waals surface area contributed by atoms with Gasteiger partial charge in [-0.3, -0.25) is 9.59 Å². The highest BCUT2D eigenvalue weighted by Crippen LogP contribution is 2.27. The van der Waals surface area contributed by atoms with Crippen LogP contribution in [0.5, 0.6) is 5.75 Å². The van der Waals surface area contributed by atoms with Gasteiger partial charge in [-0.1, -0.05) is 6.07 Å². The summed E-state index contributed by atoms with van der Waals surface area (Å²) in [6.45, 7) is 0. The molecule has 2 N–H and O–H groups in total. The molecule has 0 radical (unpaired) electrons. The van der Waals surface area contributed by atoms with Crippen molar-refractivity contribution in [1.82, 2.24) is 5.32 Å². The Bertz CT molecular complexity index is 532. The molecule has 1 aliphatic carbocycles. The van der Waals surface area contributed by atoms with Crippen LogP contribution in [0, 0.1) is 11.7 Å². The van der Waals surface area contributed by atoms with E-state index in [1.54, 1.807) is 0 Å². The summed E-state index contributed by atoms with van der Waals surface area (Å²) in [4.78, 5) is 23.0. The molecule has 2 rings (SSSR count). The molecule has 20 heavy (non-hydrogen) atoms. The number of rotatable bonds is 4. The number of carbonyl (C=O) groups excluding carboxylic acids is 1. The van der Waals surface area contributed by atoms with Gasteiger partial charge >= 0.3 is 5.97 Å². The van der Waals surface area contributed by atoms with Crippen molar-refractivity contribution >= 4 is 11.9 Å². The van der Waals surface area contributed by atoms with Gasteiger partial charge in [-0.25, -0.2) is 4.39 Å². The van der Waals surface area contributed by atoms with Gasteiger partial charge in [-0.2, -0.15) is 0 Å². The molecule has 1 fully saturated rings. The van der Waals surface area contributed by atoms with Crippen molar-refractivity contribution in [2.45, 2.75) is 25.3 Å². The number of aliphatic carboxylic acids is 1. The monoisotopic (exact) mass is 281 g/mol. The van der Waals surface area contributed by atoms with Crippen molar-refractivity contribution in [3.63, 3.8) is 0 Å². The summed E-state index contributed by atoms with van der Waals surface area (Å²) in [7, 11) is 1.36. The van der Waals surface area contributed by atoms with Crippen molar-refractivity contribution in [3.05, 3.63) is 29.6 Å². The van der Waals surface area contributed by atoms with E-state index in [2.05, 4.69) is 5.32 Å². The lowest BCUT2D eigenvalue weighted by molar-refractivity contribution is -0.141. The Balaban J connectivity index is 2.08. The van der Waals surface area contributed by atoms with Crippen molar-refractivity contribution in [3.8, 4) is 5.75 Å². The Morgan fingerprint density at radius 3 is 2.75 bits per heavy atom. The molecular weight excluding hydrogens is 265 g/mol. The number of hydrogen-bond donors (Lipinski definition) is 2. The second-order valence-electron chi connectivity index (χ2n) is 4.84. The van der Waals surface area contributed by atoms with Gasteiger partial charge in [-0.15, -0.1) is 0 Å². The van der Waals surface area contributed by atoms with Crippen molar-refractivity contribution in [2.75, 3.05) is 7.11 Å². The first kappa shape index (κ1) is 14.3. The lowest BCUT2D eigenvalue weighted by atomic mass is 10.1. The van der Waals surface area contributed by atoms with Crippen LogP contribution in [0.4, 0.5) is 4.39 Å². The summed E-state index contributed by atoms with van der Waals surface area (Å²) in [6, 6.07) is 3.91. The molecule has 1 aromatic carbocycles. The molecule has 1 aliphatic rings. The average molecular weight is 281 g/mol. The summed E-state index contributed by atoms with van der Waals surface area (Å²) in [5.74, 6) is -2.37. The maximum atomic E-state index is 13.7. The van der Waals surface area contributed by atoms with Crippen LogP contribution < -0.4 is 10.1 Å². The van der Waals surface area contributed by atoms with E-state index in [9.17, 15) is 14.0 Å². The fourth-order valence-corrected chi connectivity index (χ4v) is 2.49. The number of amides is 1. The molecule has 0 heterocycles. The summed E-state index contributed by atoms with van der Waals surface area (Å²) in [5.41, 5.74) is -0.145. The summed E-state index contributed by atoms with van der Waals surface area (Å²) < 4.78 is 18.7. The topological polar surface area (TPSA) is 75.6 Å². The maximum absolute atomic E-state index is 13.7. The van der Waals surface area contributed by atoms with E-state index < -0.39 is 23.6 Å². The molecule has 0 bridgehead atoms. The number of carboxylic acid groups (broad SMARTS) is 1. The summed E-state index contributed by atoms with van der Waals surface area (Å²) in [5, 5.41) is 11.6. The third-order valence-corrected chi connectivity index (χ3v) is 3.54. The predicted molar refractivity (Wildman–Crippen MR) is 69.2 cm³/mol. The van der Waals surface area contributed by atoms with Crippen LogP contribution in [0.2, 0.25) is 0 Å². The molecular formula is C14H16FNO4. The molecule has 1 aromatic rings. The van der Waals surface area contributed by atoms with E-state index >= 15 is 0 Å². The summed E-state index contributed by atoms with van der Waals surface area (Å²) in [6.07, 6.45) is 1.48. The Hall–Kier alpha value is -2.11. The standard InChI is InChI=1S/C14H16FNO4/c1-20-11-4-2-3-10(15)12(11)13(17)16-9-6-5-8(7-9)14(18)19/h2-4,8-9H,5-7H2,1H3,(H,16,17)(H,18,19)/t8-,9+/m1/s1. The number of ether oxygens (including phenoxy) is 1. The summed E-state index contributed by atoms with van der Waals surface area (Å²) >= 11 is 0. The first-order valence-corrected chi connectivity index (χ1v) is 6.39. The van der Waals surface area contributed by atoms with E-state index in [0.717, 1.165) is 0 Å². The lowest BCUT2D eigenvalue weighted by Gasteiger charge is -2.14. The third-order valence-electron chi connectivity index (χ3n) is 3.54. The van der Waals surface area contributed by atoms with Crippen LogP contribution in [0.25, 0.3) is 0 Å². The van der Waals surface area contributed by atoms with E-state index in [0.29, 0.717) is 19.3 Å². The van der Waals surface area contributed by atoms with Gasteiger partial charge in [0.2, 0.25) is 0 Å². The third kappa shape index (κ3) is 2.89. The largest absolute Gasteiger partial charge is 0.496 e. The van der Waals surface area contributed by atoms with Gasteiger partial charge in [0.15, 0.2) is 0 Å². The number of halogens is 1. The average Bonchev–Trinajstić information content (AvgIpc) is 2.86. The van der Waals surface area contributed by atoms with Crippen molar-refractivity contribution in [2.24, 2.45) is 5.92 Å². The molecule has 108 valence electrons. The minimum atomic E-state index is -0.856. The second kappa shape index (κ2) is 5.90. The van der Waals surface area contributed by atoms with E-state index in [1.165, 1.54) is 25.3 Å². The molecule has 2 atom stereocenters. The zero-order valence-electron chi connectivity index (χ0n) is 11.1. The minimum absolute atomic E-state index is 0.145. The number of benzene rings is 1. The Labute approximate surface area is 115 Å². The fourth-order valence-electron chi connectivity index (χ4n) is 2.49. The van der Waals surface area contributed by atoms with E-state index in [4.69, 9.17) is 9.84 Å². The van der Waals surface area contributed by atoms with E-state index in [1.807, 2.05) is 0 Å². The highest BCUT2D eigenvalue weighted by atomic mass is 19.1. The van der Waals surface area contributed by atoms with Crippen LogP contribution in [-0.2, 0) is 4.79 Å². The van der Waals surface area contributed by atoms with Gasteiger partial charge in [0.1, 0.15) is 17.1 Å². The Morgan fingerprint density at radius 2 is 2.15 bits per heavy atom. The molecule has 5 nitrogen and oxygen atoms in total. The van der Waals surface area contributed by atoms with Gasteiger partial charge in [0.25, 0.3) is 5.91 Å². The SMILES string of the molecule is COc1cccc(F)c1C(=O)N[C@H]1CC[C@@H](C(=O)O)C1. The molecule has 0 unspecified atom stereocenters. The van der Waals surface area contributed by atoms with Crippen LogP contribution >= 0.6 is 0 Å². The molecule has 0 aliphatic heterocycles. The Kier molecular flexibility index (Phi) is 4.22. The van der Waals surface area contributed by atoms with Crippen molar-refractivity contribution in [1.29, 1.82) is 0 Å². The highest BCUT2D eigenvalue weighted by molar-refractivity contribution is 5.97. The fraction of sp³-hybridized carbons (Fsp3) is 0.429. The molecule has 0 saturated heterocycles. The number of carbonyl (C=O) groups is 2. The minimum Gasteiger partial charge on any atom is -0.496 e. The van der Waals surface area contributed by atoms with Gasteiger partial charge in [-0.05, 0) is 31.4 Å². The Morgan fingerprint density at radius 1 is 1.40 bits per heavy atom. The van der Waals surface area contributed by atoms with Gasteiger partial charge in [0.05, 0.1) is 13.0 Å². The molecule has 0 aromatic heterocycles.